The molecule has 0 aromatic carbocycles. The van der Waals surface area contributed by atoms with Crippen molar-refractivity contribution in [3.63, 3.8) is 0 Å². The number of hydrazone groups is 1. The van der Waals surface area contributed by atoms with Gasteiger partial charge in [0.1, 0.15) is 0 Å². The Morgan fingerprint density at radius 1 is 1.00 bits per heavy atom. The van der Waals surface area contributed by atoms with Gasteiger partial charge in [0.25, 0.3) is 0 Å². The zero-order chi connectivity index (χ0) is 18.6. The van der Waals surface area contributed by atoms with Crippen molar-refractivity contribution in [3.05, 3.63) is 0 Å². The van der Waals surface area contributed by atoms with E-state index in [0.717, 1.165) is 11.2 Å². The Kier molecular flexibility index (Phi) is 4.14. The minimum absolute atomic E-state index is 0.0194. The minimum atomic E-state index is -5.04. The highest BCUT2D eigenvalue weighted by Gasteiger charge is 2.63. The summed E-state index contributed by atoms with van der Waals surface area (Å²) in [5.74, 6) is -3.40. The van der Waals surface area contributed by atoms with Gasteiger partial charge < -0.3 is 8.85 Å². The number of hydrogen-bond donors (Lipinski definition) is 0. The number of fused-ring (bicyclic) bond motifs is 1. The van der Waals surface area contributed by atoms with E-state index in [1.165, 1.54) is 20.8 Å². The fourth-order valence-corrected chi connectivity index (χ4v) is 5.17. The molecule has 0 N–H and O–H groups in total. The summed E-state index contributed by atoms with van der Waals surface area (Å²) in [4.78, 5) is 0. The first-order valence-corrected chi connectivity index (χ1v) is 8.94. The van der Waals surface area contributed by atoms with Crippen LogP contribution < -0.4 is 0 Å². The van der Waals surface area contributed by atoms with Crippen molar-refractivity contribution >= 4 is 26.2 Å². The number of halogens is 6. The second-order valence-electron chi connectivity index (χ2n) is 6.04. The first-order valence-electron chi connectivity index (χ1n) is 6.68. The molecule has 0 radical (unpaired) electrons. The summed E-state index contributed by atoms with van der Waals surface area (Å²) >= 11 is 0. The Balaban J connectivity index is 2.55. The Bertz CT molecular complexity index is 627. The van der Waals surface area contributed by atoms with Crippen LogP contribution in [-0.2, 0) is 8.85 Å². The molecule has 13 heteroatoms. The molecule has 2 aliphatic rings. The highest BCUT2D eigenvalue weighted by atomic mass is 28.4. The molecule has 136 valence electrons. The first-order chi connectivity index (χ1) is 10.7. The molecule has 0 saturated heterocycles. The summed E-state index contributed by atoms with van der Waals surface area (Å²) in [7, 11) is -4.24. The quantitative estimate of drug-likeness (QED) is 0.482. The van der Waals surface area contributed by atoms with Crippen LogP contribution in [0.3, 0.4) is 0 Å². The van der Waals surface area contributed by atoms with Crippen molar-refractivity contribution in [1.29, 1.82) is 0 Å². The molecule has 0 aromatic rings. The molecular formula is C11H14F6N4O2Si. The third-order valence-corrected chi connectivity index (χ3v) is 5.83. The van der Waals surface area contributed by atoms with E-state index in [2.05, 4.69) is 15.3 Å². The van der Waals surface area contributed by atoms with E-state index in [9.17, 15) is 26.3 Å². The number of alkyl halides is 6. The maximum Gasteiger partial charge on any atom is 0.603 e. The van der Waals surface area contributed by atoms with Gasteiger partial charge in [-0.3, -0.25) is 0 Å². The fourth-order valence-electron chi connectivity index (χ4n) is 2.47. The number of hydrogen-bond acceptors (Lipinski definition) is 6. The summed E-state index contributed by atoms with van der Waals surface area (Å²) in [6.45, 7) is 5.46. The number of nitrogens with zero attached hydrogens (tertiary/aromatic N) is 4. The van der Waals surface area contributed by atoms with Crippen molar-refractivity contribution in [2.75, 3.05) is 0 Å². The first kappa shape index (κ1) is 18.5. The van der Waals surface area contributed by atoms with Crippen LogP contribution in [0.2, 0.25) is 6.55 Å². The van der Waals surface area contributed by atoms with Crippen molar-refractivity contribution in [3.8, 4) is 0 Å². The highest BCUT2D eigenvalue weighted by molar-refractivity contribution is 6.67. The van der Waals surface area contributed by atoms with Crippen LogP contribution in [0.5, 0.6) is 0 Å². The molecule has 1 atom stereocenters. The molecule has 1 unspecified atom stereocenters. The lowest BCUT2D eigenvalue weighted by Crippen LogP contribution is -2.60. The fraction of sp³-hybridized carbons (Fsp3) is 0.727. The van der Waals surface area contributed by atoms with Crippen LogP contribution in [0, 0.1) is 0 Å². The Morgan fingerprint density at radius 3 is 2.00 bits per heavy atom. The lowest BCUT2D eigenvalue weighted by atomic mass is 9.99. The smallest absolute Gasteiger partial charge is 0.477 e. The van der Waals surface area contributed by atoms with Crippen molar-refractivity contribution in [1.82, 2.24) is 4.67 Å². The summed E-state index contributed by atoms with van der Waals surface area (Å²) in [5, 5.41) is 9.81. The van der Waals surface area contributed by atoms with Gasteiger partial charge in [-0.25, -0.2) is 4.67 Å². The monoisotopic (exact) mass is 376 g/mol. The molecule has 0 saturated carbocycles. The third-order valence-electron chi connectivity index (χ3n) is 3.21. The normalized spacial score (nSPS) is 31.9. The summed E-state index contributed by atoms with van der Waals surface area (Å²) < 4.78 is 88.2. The van der Waals surface area contributed by atoms with Gasteiger partial charge in [0.05, 0.1) is 5.54 Å². The Morgan fingerprint density at radius 2 is 1.50 bits per heavy atom. The van der Waals surface area contributed by atoms with Crippen LogP contribution in [0.15, 0.2) is 15.3 Å². The predicted molar refractivity (Wildman–Crippen MR) is 74.4 cm³/mol. The SMILES string of the molecule is C/C1=N/N=C(/C(F)(F)F)O[Si]2(C)OC(C(F)(F)F)=NN2C(C)(C)C1. The molecule has 0 fully saturated rings. The van der Waals surface area contributed by atoms with Gasteiger partial charge in [0.2, 0.25) is 0 Å². The van der Waals surface area contributed by atoms with E-state index in [4.69, 9.17) is 8.85 Å². The van der Waals surface area contributed by atoms with E-state index in [1.807, 2.05) is 0 Å². The average Bonchev–Trinajstić information content (AvgIpc) is 2.71. The van der Waals surface area contributed by atoms with E-state index < -0.39 is 38.4 Å². The Labute approximate surface area is 134 Å². The average molecular weight is 376 g/mol. The van der Waals surface area contributed by atoms with E-state index in [0.29, 0.717) is 0 Å². The summed E-state index contributed by atoms with van der Waals surface area (Å²) in [5.41, 5.74) is -0.947. The molecule has 2 rings (SSSR count). The predicted octanol–water partition coefficient (Wildman–Crippen LogP) is 3.30. The van der Waals surface area contributed by atoms with Gasteiger partial charge in [-0.2, -0.15) is 31.4 Å². The van der Waals surface area contributed by atoms with Crippen LogP contribution in [0.1, 0.15) is 27.2 Å². The van der Waals surface area contributed by atoms with Gasteiger partial charge in [-0.15, -0.1) is 10.2 Å². The van der Waals surface area contributed by atoms with Gasteiger partial charge in [-0.1, -0.05) is 0 Å². The summed E-state index contributed by atoms with van der Waals surface area (Å²) in [6.07, 6.45) is -9.97. The molecule has 2 aliphatic heterocycles. The zero-order valence-corrected chi connectivity index (χ0v) is 14.1. The van der Waals surface area contributed by atoms with Gasteiger partial charge in [-0.05, 0) is 20.8 Å². The van der Waals surface area contributed by atoms with Crippen molar-refractivity contribution < 1.29 is 35.2 Å². The molecule has 0 amide bonds. The topological polar surface area (TPSA) is 58.8 Å². The van der Waals surface area contributed by atoms with E-state index in [-0.39, 0.29) is 12.1 Å². The van der Waals surface area contributed by atoms with Crippen LogP contribution >= 0.6 is 0 Å². The molecule has 0 aromatic heterocycles. The maximum atomic E-state index is 13.0. The standard InChI is InChI=1S/C11H14F6N4O2Si/c1-6-5-9(2,3)21-20-8(11(15,16)17)23-24(21,4)22-7(19-18-6)10(12,13)14/h5H2,1-4H3/b18-6-,19-7-. The highest BCUT2D eigenvalue weighted by Crippen LogP contribution is 2.38. The molecule has 0 bridgehead atoms. The van der Waals surface area contributed by atoms with Crippen LogP contribution in [-0.4, -0.2) is 48.8 Å². The lowest BCUT2D eigenvalue weighted by molar-refractivity contribution is -0.0761. The largest absolute Gasteiger partial charge is 0.603 e. The molecule has 0 spiro atoms. The second kappa shape index (κ2) is 5.36. The molecular weight excluding hydrogens is 362 g/mol. The van der Waals surface area contributed by atoms with Crippen molar-refractivity contribution in [2.45, 2.75) is 51.6 Å². The molecule has 2 heterocycles. The minimum Gasteiger partial charge on any atom is -0.477 e. The van der Waals surface area contributed by atoms with Crippen LogP contribution in [0.4, 0.5) is 26.3 Å². The molecule has 0 aliphatic carbocycles. The second-order valence-corrected chi connectivity index (χ2v) is 8.67. The van der Waals surface area contributed by atoms with Gasteiger partial charge in [0, 0.05) is 18.7 Å². The van der Waals surface area contributed by atoms with Gasteiger partial charge >= 0.3 is 32.9 Å². The van der Waals surface area contributed by atoms with Crippen LogP contribution in [0.25, 0.3) is 0 Å². The van der Waals surface area contributed by atoms with E-state index in [1.54, 1.807) is 0 Å². The molecule has 24 heavy (non-hydrogen) atoms. The maximum absolute atomic E-state index is 13.0. The van der Waals surface area contributed by atoms with E-state index >= 15 is 0 Å². The summed E-state index contributed by atoms with van der Waals surface area (Å²) in [6, 6.07) is 0. The zero-order valence-electron chi connectivity index (χ0n) is 13.1. The molecule has 6 nitrogen and oxygen atoms in total. The lowest BCUT2D eigenvalue weighted by Gasteiger charge is -2.39. The van der Waals surface area contributed by atoms with Gasteiger partial charge in [0.15, 0.2) is 0 Å². The third kappa shape index (κ3) is 3.49. The Hall–Kier alpha value is -1.79. The number of rotatable bonds is 0. The van der Waals surface area contributed by atoms with Crippen molar-refractivity contribution in [2.24, 2.45) is 15.3 Å².